The maximum Gasteiger partial charge on any atom is 0.161 e. The molecule has 1 aliphatic carbocycles. The lowest BCUT2D eigenvalue weighted by Crippen LogP contribution is -2.26. The van der Waals surface area contributed by atoms with Crippen molar-refractivity contribution in [2.45, 2.75) is 181 Å². The molecule has 0 aromatic heterocycles. The van der Waals surface area contributed by atoms with Crippen LogP contribution in [0.25, 0.3) is 0 Å². The number of para-hydroxylation sites is 8. The molecule has 9 rings (SSSR count). The van der Waals surface area contributed by atoms with Crippen molar-refractivity contribution in [3.05, 3.63) is 166 Å². The molecule has 0 radical (unpaired) electrons. The minimum absolute atomic E-state index is 0.244. The van der Waals surface area contributed by atoms with Gasteiger partial charge in [0.15, 0.2) is 23.0 Å². The summed E-state index contributed by atoms with van der Waals surface area (Å²) in [5, 5.41) is 0. The van der Waals surface area contributed by atoms with E-state index in [0.29, 0.717) is 102 Å². The molecule has 0 spiro atoms. The Hall–Kier alpha value is -6.32. The van der Waals surface area contributed by atoms with E-state index in [2.05, 4.69) is 100 Å². The van der Waals surface area contributed by atoms with E-state index in [-0.39, 0.29) is 12.2 Å². The molecule has 9 heteroatoms. The fourth-order valence-electron chi connectivity index (χ4n) is 11.1. The van der Waals surface area contributed by atoms with Gasteiger partial charge in [0, 0.05) is 25.7 Å². The van der Waals surface area contributed by atoms with Gasteiger partial charge in [-0.05, 0) is 107 Å². The Bertz CT molecular complexity index is 2500. The molecule has 3 aliphatic rings. The summed E-state index contributed by atoms with van der Waals surface area (Å²) in [4.78, 5) is 0. The van der Waals surface area contributed by atoms with Gasteiger partial charge in [-0.25, -0.2) is 0 Å². The number of hydrogen-bond donors (Lipinski definition) is 0. The predicted octanol–water partition coefficient (Wildman–Crippen LogP) is 17.7. The Balaban J connectivity index is 1.26. The first-order valence-electron chi connectivity index (χ1n) is 31.3. The molecule has 2 heterocycles. The molecule has 2 unspecified atom stereocenters. The van der Waals surface area contributed by atoms with E-state index in [4.69, 9.17) is 42.6 Å². The van der Waals surface area contributed by atoms with Crippen molar-refractivity contribution < 1.29 is 42.6 Å². The zero-order chi connectivity index (χ0) is 56.1. The molecule has 0 N–H and O–H groups in total. The van der Waals surface area contributed by atoms with Crippen LogP contribution in [0.15, 0.2) is 121 Å². The third-order valence-corrected chi connectivity index (χ3v) is 15.6. The molecular formula is C72H94O9. The van der Waals surface area contributed by atoms with Crippen LogP contribution in [-0.4, -0.2) is 65.1 Å². The van der Waals surface area contributed by atoms with Crippen molar-refractivity contribution in [1.82, 2.24) is 0 Å². The summed E-state index contributed by atoms with van der Waals surface area (Å²) in [6.45, 7) is 12.5. The molecule has 81 heavy (non-hydrogen) atoms. The summed E-state index contributed by atoms with van der Waals surface area (Å²) in [5.74, 6) is 6.39. The molecule has 6 aromatic carbocycles. The summed E-state index contributed by atoms with van der Waals surface area (Å²) >= 11 is 0. The van der Waals surface area contributed by atoms with E-state index in [0.717, 1.165) is 132 Å². The predicted molar refractivity (Wildman–Crippen MR) is 328 cm³/mol. The second-order valence-corrected chi connectivity index (χ2v) is 22.2. The average molecular weight is 1100 g/mol. The second-order valence-electron chi connectivity index (χ2n) is 22.2. The summed E-state index contributed by atoms with van der Waals surface area (Å²) in [6.07, 6.45) is 21.9. The van der Waals surface area contributed by atoms with Gasteiger partial charge < -0.3 is 42.6 Å². The van der Waals surface area contributed by atoms with Gasteiger partial charge >= 0.3 is 0 Å². The first-order chi connectivity index (χ1) is 40.0. The quantitative estimate of drug-likeness (QED) is 0.0487. The van der Waals surface area contributed by atoms with Crippen LogP contribution in [0.4, 0.5) is 0 Å². The smallest absolute Gasteiger partial charge is 0.161 e. The number of fused-ring (bicyclic) bond motifs is 12. The third kappa shape index (κ3) is 18.9. The van der Waals surface area contributed by atoms with Gasteiger partial charge in [0.05, 0.1) is 26.4 Å². The Morgan fingerprint density at radius 2 is 0.667 bits per heavy atom. The van der Waals surface area contributed by atoms with Gasteiger partial charge in [0.1, 0.15) is 61.6 Å². The van der Waals surface area contributed by atoms with Gasteiger partial charge in [0.2, 0.25) is 0 Å². The summed E-state index contributed by atoms with van der Waals surface area (Å²) < 4.78 is 61.4. The van der Waals surface area contributed by atoms with Crippen molar-refractivity contribution in [2.24, 2.45) is 0 Å². The van der Waals surface area contributed by atoms with Crippen molar-refractivity contribution in [2.75, 3.05) is 52.9 Å². The molecule has 2 atom stereocenters. The highest BCUT2D eigenvalue weighted by molar-refractivity contribution is 5.56. The number of rotatable bonds is 22. The molecule has 0 saturated carbocycles. The lowest BCUT2D eigenvalue weighted by molar-refractivity contribution is 0.0702. The summed E-state index contributed by atoms with van der Waals surface area (Å²) in [5.41, 5.74) is 8.95. The lowest BCUT2D eigenvalue weighted by Gasteiger charge is -2.25. The van der Waals surface area contributed by atoms with Crippen LogP contribution in [-0.2, 0) is 30.4 Å². The zero-order valence-electron chi connectivity index (χ0n) is 49.6. The fourth-order valence-corrected chi connectivity index (χ4v) is 11.1. The highest BCUT2D eigenvalue weighted by Gasteiger charge is 2.25. The normalized spacial score (nSPS) is 16.0. The van der Waals surface area contributed by atoms with Crippen LogP contribution in [0.3, 0.4) is 0 Å². The van der Waals surface area contributed by atoms with Crippen LogP contribution >= 0.6 is 0 Å². The number of benzene rings is 6. The van der Waals surface area contributed by atoms with E-state index in [1.165, 1.54) is 51.4 Å². The van der Waals surface area contributed by atoms with Crippen LogP contribution in [0.5, 0.6) is 46.0 Å². The topological polar surface area (TPSA) is 83.1 Å². The van der Waals surface area contributed by atoms with Crippen molar-refractivity contribution in [3.8, 4) is 46.0 Å². The SMILES string of the molecule is CCCCCCCCOc1c2cccc1Cc1cccc3c1OCC(CCCC)Oc1ccccc1OCCOCCOc1ccccc1OC(CCCC)COc1c(cccc1Cc1cccc(c1OCCCCCCCC)C3)C2. The molecule has 9 nitrogen and oxygen atoms in total. The number of unbranched alkanes of at least 4 members (excludes halogenated alkanes) is 12. The lowest BCUT2D eigenvalue weighted by atomic mass is 9.91. The van der Waals surface area contributed by atoms with E-state index < -0.39 is 0 Å². The molecular weight excluding hydrogens is 1010 g/mol. The summed E-state index contributed by atoms with van der Waals surface area (Å²) in [6, 6.07) is 42.6. The number of ether oxygens (including phenoxy) is 9. The molecule has 6 aromatic rings. The van der Waals surface area contributed by atoms with E-state index in [1.54, 1.807) is 0 Å². The molecule has 10 bridgehead atoms. The highest BCUT2D eigenvalue weighted by atomic mass is 16.6. The standard InChI is InChI=1S/C72H94O9/c1-5-9-13-15-17-23-43-76-69-55-29-25-30-56(69)50-60-34-28-36-62-52-58-32-26-31-57(70(58)77-44-24-18-16-14-10-6-2)51-61-35-27-33-59(49-55)71(61)78-53-63(37-11-7-3)80-67-41-21-19-39-65(67)74-47-45-73-46-48-75-66-40-20-22-42-68(66)81-64(38-12-8-4)54-79-72(60)62/h19-22,25-36,39-42,63-64H,5-18,23-24,37-38,43-54H2,1-4H3. The van der Waals surface area contributed by atoms with E-state index in [1.807, 2.05) is 48.5 Å². The fraction of sp³-hybridized carbons (Fsp3) is 0.500. The summed E-state index contributed by atoms with van der Waals surface area (Å²) in [7, 11) is 0. The monoisotopic (exact) mass is 1100 g/mol. The van der Waals surface area contributed by atoms with Crippen LogP contribution < -0.4 is 37.9 Å². The molecule has 0 amide bonds. The Kier molecular flexibility index (Phi) is 25.7. The Morgan fingerprint density at radius 1 is 0.333 bits per heavy atom. The minimum Gasteiger partial charge on any atom is -0.493 e. The van der Waals surface area contributed by atoms with Crippen molar-refractivity contribution in [1.29, 1.82) is 0 Å². The number of hydrogen-bond acceptors (Lipinski definition) is 9. The molecule has 0 saturated heterocycles. The van der Waals surface area contributed by atoms with Gasteiger partial charge in [-0.1, -0.05) is 202 Å². The third-order valence-electron chi connectivity index (χ3n) is 15.6. The van der Waals surface area contributed by atoms with Gasteiger partial charge in [-0.2, -0.15) is 0 Å². The van der Waals surface area contributed by atoms with Crippen LogP contribution in [0, 0.1) is 0 Å². The maximum atomic E-state index is 7.29. The van der Waals surface area contributed by atoms with Gasteiger partial charge in [0.25, 0.3) is 0 Å². The molecule has 2 aliphatic heterocycles. The van der Waals surface area contributed by atoms with Crippen molar-refractivity contribution >= 4 is 0 Å². The Labute approximate surface area is 486 Å². The minimum atomic E-state index is -0.244. The van der Waals surface area contributed by atoms with Crippen molar-refractivity contribution in [3.63, 3.8) is 0 Å². The first kappa shape index (κ1) is 60.8. The largest absolute Gasteiger partial charge is 0.493 e. The maximum absolute atomic E-state index is 7.29. The van der Waals surface area contributed by atoms with Crippen LogP contribution in [0.2, 0.25) is 0 Å². The Morgan fingerprint density at radius 3 is 1.04 bits per heavy atom. The van der Waals surface area contributed by atoms with Crippen LogP contribution in [0.1, 0.15) is 188 Å². The average Bonchev–Trinajstić information content (AvgIpc) is 3.61. The molecule has 436 valence electrons. The van der Waals surface area contributed by atoms with Gasteiger partial charge in [-0.15, -0.1) is 0 Å². The molecule has 0 fully saturated rings. The second kappa shape index (κ2) is 34.2. The van der Waals surface area contributed by atoms with Gasteiger partial charge in [-0.3, -0.25) is 0 Å². The zero-order valence-corrected chi connectivity index (χ0v) is 49.6. The van der Waals surface area contributed by atoms with E-state index >= 15 is 0 Å². The first-order valence-corrected chi connectivity index (χ1v) is 31.3. The van der Waals surface area contributed by atoms with E-state index in [9.17, 15) is 0 Å². The highest BCUT2D eigenvalue weighted by Crippen LogP contribution is 2.40.